The Kier molecular flexibility index (Phi) is 12.1. The van der Waals surface area contributed by atoms with E-state index in [0.717, 1.165) is 21.7 Å². The van der Waals surface area contributed by atoms with Crippen molar-refractivity contribution in [2.24, 2.45) is 5.41 Å². The molecular weight excluding hydrogens is 594 g/mol. The molecule has 3 rings (SSSR count). The zero-order valence-electron chi connectivity index (χ0n) is 27.7. The molecule has 0 unspecified atom stereocenters. The molecule has 0 aliphatic carbocycles. The van der Waals surface area contributed by atoms with Gasteiger partial charge in [0.15, 0.2) is 0 Å². The summed E-state index contributed by atoms with van der Waals surface area (Å²) in [5, 5.41) is 19.0. The molecule has 4 atom stereocenters. The van der Waals surface area contributed by atoms with Gasteiger partial charge in [-0.1, -0.05) is 45.0 Å². The molecule has 1 saturated heterocycles. The largest absolute Gasteiger partial charge is 0.444 e. The van der Waals surface area contributed by atoms with E-state index in [2.05, 4.69) is 20.9 Å². The van der Waals surface area contributed by atoms with Crippen LogP contribution in [0, 0.1) is 12.3 Å². The summed E-state index contributed by atoms with van der Waals surface area (Å²) < 4.78 is 5.21. The summed E-state index contributed by atoms with van der Waals surface area (Å²) in [5.74, 6) is -1.06. The number of thiazole rings is 1. The van der Waals surface area contributed by atoms with E-state index in [-0.39, 0.29) is 37.2 Å². The Morgan fingerprint density at radius 1 is 1.07 bits per heavy atom. The predicted octanol–water partition coefficient (Wildman–Crippen LogP) is 4.48. The summed E-state index contributed by atoms with van der Waals surface area (Å²) in [6.45, 7) is 15.1. The minimum Gasteiger partial charge on any atom is -0.444 e. The van der Waals surface area contributed by atoms with Crippen LogP contribution in [-0.4, -0.2) is 75.7 Å². The van der Waals surface area contributed by atoms with E-state index in [1.54, 1.807) is 32.1 Å². The van der Waals surface area contributed by atoms with Crippen LogP contribution in [0.25, 0.3) is 10.4 Å². The molecule has 0 saturated carbocycles. The van der Waals surface area contributed by atoms with Crippen LogP contribution in [0.1, 0.15) is 91.4 Å². The molecule has 1 aromatic carbocycles. The first-order chi connectivity index (χ1) is 21.0. The number of likely N-dealkylation sites (tertiary alicyclic amines) is 1. The smallest absolute Gasteiger partial charge is 0.407 e. The first kappa shape index (κ1) is 36.0. The van der Waals surface area contributed by atoms with Crippen LogP contribution in [-0.2, 0) is 19.1 Å². The molecule has 0 bridgehead atoms. The van der Waals surface area contributed by atoms with E-state index in [4.69, 9.17) is 4.74 Å². The average Bonchev–Trinajstić information content (AvgIpc) is 3.55. The maximum atomic E-state index is 13.8. The van der Waals surface area contributed by atoms with Crippen molar-refractivity contribution in [3.63, 3.8) is 0 Å². The second-order valence-electron chi connectivity index (χ2n) is 13.8. The molecule has 45 heavy (non-hydrogen) atoms. The molecule has 2 aromatic rings. The second kappa shape index (κ2) is 15.2. The predicted molar refractivity (Wildman–Crippen MR) is 174 cm³/mol. The number of nitrogens with one attached hydrogen (secondary N) is 3. The molecule has 1 aliphatic heterocycles. The SMILES string of the molecule is Cc1ncsc1-c1ccc([C@H](C)NC(=O)[C@@H]2C[C@@H](O)CN2C(=O)[C@@H](NC(=O)CCCCNC(=O)OC(C)(C)C)C(C)(C)C)cc1. The summed E-state index contributed by atoms with van der Waals surface area (Å²) in [4.78, 5) is 58.8. The van der Waals surface area contributed by atoms with Gasteiger partial charge in [-0.25, -0.2) is 9.78 Å². The lowest BCUT2D eigenvalue weighted by atomic mass is 9.85. The van der Waals surface area contributed by atoms with Crippen molar-refractivity contribution in [3.05, 3.63) is 41.0 Å². The molecule has 11 nitrogen and oxygen atoms in total. The number of aryl methyl sites for hydroxylation is 1. The van der Waals surface area contributed by atoms with Crippen molar-refractivity contribution in [2.45, 2.75) is 111 Å². The number of hydrogen-bond acceptors (Lipinski definition) is 8. The number of aliphatic hydroxyl groups excluding tert-OH is 1. The molecule has 4 amide bonds. The Labute approximate surface area is 270 Å². The lowest BCUT2D eigenvalue weighted by molar-refractivity contribution is -0.144. The number of benzene rings is 1. The number of unbranched alkanes of at least 4 members (excludes halogenated alkanes) is 1. The highest BCUT2D eigenvalue weighted by Crippen LogP contribution is 2.29. The van der Waals surface area contributed by atoms with Gasteiger partial charge in [0.2, 0.25) is 17.7 Å². The summed E-state index contributed by atoms with van der Waals surface area (Å²) in [6.07, 6.45) is -0.0117. The van der Waals surface area contributed by atoms with Crippen LogP contribution in [0.15, 0.2) is 29.8 Å². The van der Waals surface area contributed by atoms with Gasteiger partial charge < -0.3 is 30.7 Å². The van der Waals surface area contributed by atoms with Crippen molar-refractivity contribution < 1.29 is 29.0 Å². The average molecular weight is 644 g/mol. The number of rotatable bonds is 11. The molecule has 4 N–H and O–H groups in total. The fourth-order valence-corrected chi connectivity index (χ4v) is 5.98. The standard InChI is InChI=1S/C33H49N5O6S/c1-20(22-12-14-23(15-13-22)27-21(2)35-19-45-27)36-29(41)25-17-24(39)18-38(25)30(42)28(32(3,4)5)37-26(40)11-9-10-16-34-31(43)44-33(6,7)8/h12-15,19-20,24-25,28,39H,9-11,16-18H2,1-8H3,(H,34,43)(H,36,41)(H,37,40)/t20-,24+,25-,28+/m0/s1. The molecule has 1 aromatic heterocycles. The van der Waals surface area contributed by atoms with Crippen molar-refractivity contribution in [3.8, 4) is 10.4 Å². The fourth-order valence-electron chi connectivity index (χ4n) is 5.16. The van der Waals surface area contributed by atoms with E-state index < -0.39 is 41.2 Å². The molecule has 0 radical (unpaired) electrons. The summed E-state index contributed by atoms with van der Waals surface area (Å²) in [6, 6.07) is 5.84. The molecular formula is C33H49N5O6S. The van der Waals surface area contributed by atoms with Crippen LogP contribution in [0.2, 0.25) is 0 Å². The third kappa shape index (κ3) is 10.5. The molecule has 12 heteroatoms. The van der Waals surface area contributed by atoms with Crippen LogP contribution in [0.3, 0.4) is 0 Å². The first-order valence-corrected chi connectivity index (χ1v) is 16.4. The van der Waals surface area contributed by atoms with E-state index in [1.807, 2.05) is 64.4 Å². The van der Waals surface area contributed by atoms with Crippen molar-refractivity contribution >= 4 is 35.2 Å². The van der Waals surface area contributed by atoms with E-state index in [0.29, 0.717) is 19.4 Å². The Morgan fingerprint density at radius 3 is 2.31 bits per heavy atom. The molecule has 2 heterocycles. The maximum absolute atomic E-state index is 13.8. The van der Waals surface area contributed by atoms with Gasteiger partial charge in [0.05, 0.1) is 28.2 Å². The van der Waals surface area contributed by atoms with Gasteiger partial charge in [0, 0.05) is 25.9 Å². The van der Waals surface area contributed by atoms with Crippen LogP contribution >= 0.6 is 11.3 Å². The maximum Gasteiger partial charge on any atom is 0.407 e. The number of aliphatic hydroxyl groups is 1. The number of nitrogens with zero attached hydrogens (tertiary/aromatic N) is 2. The zero-order chi connectivity index (χ0) is 33.5. The minimum absolute atomic E-state index is 0.00693. The van der Waals surface area contributed by atoms with Gasteiger partial charge in [0.25, 0.3) is 0 Å². The van der Waals surface area contributed by atoms with Crippen molar-refractivity contribution in [2.75, 3.05) is 13.1 Å². The van der Waals surface area contributed by atoms with Crippen LogP contribution in [0.5, 0.6) is 0 Å². The van der Waals surface area contributed by atoms with E-state index in [1.165, 1.54) is 4.90 Å². The first-order valence-electron chi connectivity index (χ1n) is 15.5. The summed E-state index contributed by atoms with van der Waals surface area (Å²) in [7, 11) is 0. The molecule has 1 aliphatic rings. The normalized spacial score (nSPS) is 18.2. The lowest BCUT2D eigenvalue weighted by Gasteiger charge is -2.35. The minimum atomic E-state index is -0.898. The highest BCUT2D eigenvalue weighted by Gasteiger charge is 2.44. The Hall–Kier alpha value is -3.51. The van der Waals surface area contributed by atoms with E-state index in [9.17, 15) is 24.3 Å². The Bertz CT molecular complexity index is 1330. The number of hydrogen-bond donors (Lipinski definition) is 4. The lowest BCUT2D eigenvalue weighted by Crippen LogP contribution is -2.57. The van der Waals surface area contributed by atoms with Gasteiger partial charge in [0.1, 0.15) is 17.7 Å². The monoisotopic (exact) mass is 643 g/mol. The van der Waals surface area contributed by atoms with E-state index >= 15 is 0 Å². The molecule has 1 fully saturated rings. The van der Waals surface area contributed by atoms with Crippen molar-refractivity contribution in [1.29, 1.82) is 0 Å². The number of carbonyl (C=O) groups is 4. The van der Waals surface area contributed by atoms with Crippen LogP contribution < -0.4 is 16.0 Å². The number of β-amino-alcohol motifs (C(OH)–C–C–N with tert-alkyl or cyclic N) is 1. The van der Waals surface area contributed by atoms with Gasteiger partial charge in [-0.15, -0.1) is 11.3 Å². The quantitative estimate of drug-likeness (QED) is 0.264. The van der Waals surface area contributed by atoms with Gasteiger partial charge >= 0.3 is 6.09 Å². The third-order valence-corrected chi connectivity index (χ3v) is 8.54. The number of ether oxygens (including phenoxy) is 1. The summed E-state index contributed by atoms with van der Waals surface area (Å²) in [5.41, 5.74) is 3.51. The summed E-state index contributed by atoms with van der Waals surface area (Å²) >= 11 is 1.58. The molecule has 0 spiro atoms. The zero-order valence-corrected chi connectivity index (χ0v) is 28.5. The van der Waals surface area contributed by atoms with Gasteiger partial charge in [-0.3, -0.25) is 14.4 Å². The van der Waals surface area contributed by atoms with Gasteiger partial charge in [-0.2, -0.15) is 0 Å². The van der Waals surface area contributed by atoms with Gasteiger partial charge in [-0.05, 0) is 64.0 Å². The van der Waals surface area contributed by atoms with Crippen molar-refractivity contribution in [1.82, 2.24) is 25.8 Å². The fraction of sp³-hybridized carbons (Fsp3) is 0.606. The third-order valence-electron chi connectivity index (χ3n) is 7.56. The second-order valence-corrected chi connectivity index (χ2v) is 14.6. The highest BCUT2D eigenvalue weighted by atomic mass is 32.1. The topological polar surface area (TPSA) is 150 Å². The molecule has 248 valence electrons. The highest BCUT2D eigenvalue weighted by molar-refractivity contribution is 7.13. The number of carbonyl (C=O) groups excluding carboxylic acids is 4. The number of alkyl carbamates (subject to hydrolysis) is 1. The number of aromatic nitrogens is 1. The van der Waals surface area contributed by atoms with Crippen LogP contribution in [0.4, 0.5) is 4.79 Å². The Morgan fingerprint density at radius 2 is 1.73 bits per heavy atom. The number of amides is 4. The Balaban J connectivity index is 1.58.